The van der Waals surface area contributed by atoms with Gasteiger partial charge in [0.05, 0.1) is 17.7 Å². The minimum absolute atomic E-state index is 0.0239. The predicted molar refractivity (Wildman–Crippen MR) is 126 cm³/mol. The molecule has 3 aliphatic rings. The molecule has 2 N–H and O–H groups in total. The number of fused-ring (bicyclic) bond motifs is 1. The normalized spacial score (nSPS) is 34.8. The average Bonchev–Trinajstić information content (AvgIpc) is 3.35. The Hall–Kier alpha value is -2.39. The lowest BCUT2D eigenvalue weighted by Crippen LogP contribution is -2.58. The summed E-state index contributed by atoms with van der Waals surface area (Å²) >= 11 is 0. The summed E-state index contributed by atoms with van der Waals surface area (Å²) < 4.78 is 0. The first-order valence-electron chi connectivity index (χ1n) is 12.5. The van der Waals surface area contributed by atoms with Crippen molar-refractivity contribution in [3.63, 3.8) is 0 Å². The topological polar surface area (TPSA) is 93.4 Å². The number of likely N-dealkylation sites (tertiary alicyclic amines) is 1. The van der Waals surface area contributed by atoms with Gasteiger partial charge in [0.2, 0.25) is 5.91 Å². The van der Waals surface area contributed by atoms with Crippen LogP contribution in [0.15, 0.2) is 24.3 Å². The number of benzene rings is 1. The first-order valence-corrected chi connectivity index (χ1v) is 12.5. The molecule has 4 rings (SSSR count). The highest BCUT2D eigenvalue weighted by Gasteiger charge is 2.54. The molecule has 33 heavy (non-hydrogen) atoms. The van der Waals surface area contributed by atoms with Crippen LogP contribution in [0.4, 0.5) is 0 Å². The number of nitriles is 1. The molecular formula is C27H37N3O3. The first-order chi connectivity index (χ1) is 15.7. The molecule has 0 unspecified atom stereocenters. The maximum atomic E-state index is 13.1. The number of hydrogen-bond acceptors (Lipinski definition) is 4. The van der Waals surface area contributed by atoms with Gasteiger partial charge in [-0.05, 0) is 86.0 Å². The van der Waals surface area contributed by atoms with Crippen LogP contribution in [0.1, 0.15) is 75.2 Å². The molecule has 6 nitrogen and oxygen atoms in total. The second-order valence-corrected chi connectivity index (χ2v) is 10.9. The van der Waals surface area contributed by atoms with Crippen molar-refractivity contribution < 1.29 is 14.7 Å². The van der Waals surface area contributed by atoms with Gasteiger partial charge in [-0.15, -0.1) is 0 Å². The zero-order valence-corrected chi connectivity index (χ0v) is 20.1. The lowest BCUT2D eigenvalue weighted by molar-refractivity contribution is -0.149. The molecular weight excluding hydrogens is 414 g/mol. The van der Waals surface area contributed by atoms with Crippen molar-refractivity contribution in [1.29, 1.82) is 5.26 Å². The monoisotopic (exact) mass is 451 g/mol. The molecule has 6 heteroatoms. The van der Waals surface area contributed by atoms with Crippen LogP contribution in [0, 0.1) is 40.4 Å². The van der Waals surface area contributed by atoms with Crippen molar-refractivity contribution in [3.8, 4) is 6.07 Å². The smallest absolute Gasteiger partial charge is 0.251 e. The van der Waals surface area contributed by atoms with Crippen molar-refractivity contribution in [2.45, 2.75) is 71.4 Å². The van der Waals surface area contributed by atoms with Crippen LogP contribution in [0.2, 0.25) is 0 Å². The molecule has 178 valence electrons. The Morgan fingerprint density at radius 2 is 1.82 bits per heavy atom. The van der Waals surface area contributed by atoms with Crippen LogP contribution in [0.3, 0.4) is 0 Å². The number of nitrogens with one attached hydrogen (secondary N) is 1. The molecule has 1 aliphatic heterocycles. The van der Waals surface area contributed by atoms with Gasteiger partial charge in [-0.25, -0.2) is 0 Å². The van der Waals surface area contributed by atoms with Crippen LogP contribution < -0.4 is 5.32 Å². The van der Waals surface area contributed by atoms with Crippen molar-refractivity contribution >= 4 is 11.8 Å². The van der Waals surface area contributed by atoms with E-state index in [0.717, 1.165) is 51.6 Å². The van der Waals surface area contributed by atoms with E-state index in [1.165, 1.54) is 0 Å². The van der Waals surface area contributed by atoms with Crippen LogP contribution >= 0.6 is 0 Å². The van der Waals surface area contributed by atoms with E-state index >= 15 is 0 Å². The minimum atomic E-state index is -0.546. The van der Waals surface area contributed by atoms with E-state index in [1.54, 1.807) is 24.3 Å². The molecule has 2 aliphatic carbocycles. The highest BCUT2D eigenvalue weighted by atomic mass is 16.3. The predicted octanol–water partition coefficient (Wildman–Crippen LogP) is 3.74. The van der Waals surface area contributed by atoms with Gasteiger partial charge in [-0.2, -0.15) is 5.26 Å². The number of rotatable bonds is 4. The van der Waals surface area contributed by atoms with E-state index in [0.29, 0.717) is 11.1 Å². The molecule has 1 aromatic rings. The van der Waals surface area contributed by atoms with E-state index in [1.807, 2.05) is 11.8 Å². The van der Waals surface area contributed by atoms with Crippen molar-refractivity contribution in [1.82, 2.24) is 10.2 Å². The van der Waals surface area contributed by atoms with E-state index < -0.39 is 6.10 Å². The Bertz CT molecular complexity index is 918. The Labute approximate surface area is 197 Å². The fourth-order valence-electron chi connectivity index (χ4n) is 6.85. The summed E-state index contributed by atoms with van der Waals surface area (Å²) in [5, 5.41) is 23.8. The van der Waals surface area contributed by atoms with Gasteiger partial charge in [-0.1, -0.05) is 20.8 Å². The Balaban J connectivity index is 1.47. The number of hydrogen-bond donors (Lipinski definition) is 2. The van der Waals surface area contributed by atoms with E-state index in [9.17, 15) is 14.7 Å². The summed E-state index contributed by atoms with van der Waals surface area (Å²) in [5.41, 5.74) is 1.10. The molecule has 0 aromatic heterocycles. The van der Waals surface area contributed by atoms with Crippen molar-refractivity contribution in [3.05, 3.63) is 35.4 Å². The summed E-state index contributed by atoms with van der Waals surface area (Å²) in [6.07, 6.45) is 5.33. The molecule has 2 saturated carbocycles. The number of carbonyl (C=O) groups excluding carboxylic acids is 2. The summed E-state index contributed by atoms with van der Waals surface area (Å²) in [4.78, 5) is 27.9. The van der Waals surface area contributed by atoms with E-state index in [-0.39, 0.29) is 46.9 Å². The second kappa shape index (κ2) is 9.46. The first kappa shape index (κ1) is 23.8. The van der Waals surface area contributed by atoms with Gasteiger partial charge in [0.1, 0.15) is 0 Å². The van der Waals surface area contributed by atoms with Crippen LogP contribution in [-0.4, -0.2) is 47.1 Å². The maximum Gasteiger partial charge on any atom is 0.251 e. The van der Waals surface area contributed by atoms with Crippen molar-refractivity contribution in [2.24, 2.45) is 29.1 Å². The van der Waals surface area contributed by atoms with Crippen LogP contribution in [0.25, 0.3) is 0 Å². The third-order valence-electron chi connectivity index (χ3n) is 8.93. The number of carbonyl (C=O) groups is 2. The fraction of sp³-hybridized carbons (Fsp3) is 0.667. The van der Waals surface area contributed by atoms with Crippen LogP contribution in [0.5, 0.6) is 0 Å². The molecule has 0 bridgehead atoms. The Kier molecular flexibility index (Phi) is 6.81. The van der Waals surface area contributed by atoms with Gasteiger partial charge in [0.15, 0.2) is 0 Å². The number of aliphatic hydroxyl groups is 1. The number of aliphatic hydroxyl groups excluding tert-OH is 1. The number of amides is 2. The number of nitrogens with zero attached hydrogens (tertiary/aromatic N) is 2. The van der Waals surface area contributed by atoms with Gasteiger partial charge in [-0.3, -0.25) is 9.59 Å². The molecule has 2 amide bonds. The molecule has 1 aromatic carbocycles. The summed E-state index contributed by atoms with van der Waals surface area (Å²) in [7, 11) is 0. The highest BCUT2D eigenvalue weighted by Crippen LogP contribution is 2.55. The van der Waals surface area contributed by atoms with E-state index in [4.69, 9.17) is 5.26 Å². The third kappa shape index (κ3) is 4.53. The standard InChI is InChI=1S/C27H37N3O3/c1-17(26(33)30-14-4-5-15-30)21-10-12-27(3)13-11-22(18(2)23(27)24(21)31)29-25(32)20-8-6-19(16-28)7-9-20/h6-9,17-18,21-24,31H,4-5,10-15H2,1-3H3,(H,29,32)/t17-,18+,21-,22-,23+,24-,27-/m0/s1. The molecule has 1 heterocycles. The average molecular weight is 452 g/mol. The Morgan fingerprint density at radius 1 is 1.18 bits per heavy atom. The molecule has 0 spiro atoms. The van der Waals surface area contributed by atoms with E-state index in [2.05, 4.69) is 25.2 Å². The maximum absolute atomic E-state index is 13.1. The summed E-state index contributed by atoms with van der Waals surface area (Å²) in [5.74, 6) is -0.00760. The summed E-state index contributed by atoms with van der Waals surface area (Å²) in [6, 6.07) is 8.73. The quantitative estimate of drug-likeness (QED) is 0.729. The van der Waals surface area contributed by atoms with Crippen LogP contribution in [-0.2, 0) is 4.79 Å². The molecule has 7 atom stereocenters. The van der Waals surface area contributed by atoms with Gasteiger partial charge >= 0.3 is 0 Å². The Morgan fingerprint density at radius 3 is 2.45 bits per heavy atom. The van der Waals surface area contributed by atoms with Gasteiger partial charge in [0.25, 0.3) is 5.91 Å². The zero-order chi connectivity index (χ0) is 23.8. The minimum Gasteiger partial charge on any atom is -0.392 e. The third-order valence-corrected chi connectivity index (χ3v) is 8.93. The lowest BCUT2D eigenvalue weighted by atomic mass is 9.51. The summed E-state index contributed by atoms with van der Waals surface area (Å²) in [6.45, 7) is 8.10. The second-order valence-electron chi connectivity index (χ2n) is 10.9. The molecule has 0 radical (unpaired) electrons. The molecule has 3 fully saturated rings. The van der Waals surface area contributed by atoms with Crippen molar-refractivity contribution in [2.75, 3.05) is 13.1 Å². The lowest BCUT2D eigenvalue weighted by Gasteiger charge is -2.56. The van der Waals surface area contributed by atoms with Gasteiger partial charge < -0.3 is 15.3 Å². The SMILES string of the molecule is C[C@H]1[C@@H]2[C@@H](O)[C@H]([C@H](C)C(=O)N3CCCC3)CC[C@@]2(C)CC[C@@H]1NC(=O)c1ccc(C#N)cc1. The fourth-order valence-corrected chi connectivity index (χ4v) is 6.85. The highest BCUT2D eigenvalue weighted by molar-refractivity contribution is 5.94. The zero-order valence-electron chi connectivity index (χ0n) is 20.1. The molecule has 1 saturated heterocycles. The van der Waals surface area contributed by atoms with Gasteiger partial charge in [0, 0.05) is 30.6 Å². The largest absolute Gasteiger partial charge is 0.392 e.